The number of nitrogens with zero attached hydrogens (tertiary/aromatic N) is 1. The normalized spacial score (nSPS) is 12.5. The molecular formula is C20H20F3N3O4S. The van der Waals surface area contributed by atoms with Crippen LogP contribution in [-0.4, -0.2) is 46.3 Å². The van der Waals surface area contributed by atoms with Gasteiger partial charge < -0.3 is 15.5 Å². The summed E-state index contributed by atoms with van der Waals surface area (Å²) < 4.78 is 38.0. The first-order chi connectivity index (χ1) is 14.6. The number of rotatable bonds is 8. The third kappa shape index (κ3) is 7.21. The van der Waals surface area contributed by atoms with Gasteiger partial charge in [-0.05, 0) is 54.8 Å². The highest BCUT2D eigenvalue weighted by Gasteiger charge is 2.30. The lowest BCUT2D eigenvalue weighted by atomic mass is 10.1. The molecule has 2 amide bonds. The highest BCUT2D eigenvalue weighted by atomic mass is 32.2. The van der Waals surface area contributed by atoms with Crippen LogP contribution < -0.4 is 10.7 Å². The van der Waals surface area contributed by atoms with Crippen LogP contribution in [0.3, 0.4) is 0 Å². The molecule has 2 aromatic carbocycles. The van der Waals surface area contributed by atoms with Gasteiger partial charge >= 0.3 is 6.18 Å². The van der Waals surface area contributed by atoms with Crippen molar-refractivity contribution < 1.29 is 33.0 Å². The monoisotopic (exact) mass is 455 g/mol. The minimum Gasteiger partial charge on any atom is -0.508 e. The molecule has 0 aliphatic rings. The summed E-state index contributed by atoms with van der Waals surface area (Å²) in [6.07, 6.45) is -1.27. The molecule has 1 unspecified atom stereocenters. The van der Waals surface area contributed by atoms with Crippen LogP contribution in [0.25, 0.3) is 0 Å². The Hall–Kier alpha value is -3.21. The van der Waals surface area contributed by atoms with Gasteiger partial charge in [0.1, 0.15) is 17.5 Å². The number of nitrogens with one attached hydrogen (secondary N) is 2. The van der Waals surface area contributed by atoms with Crippen LogP contribution in [0.1, 0.15) is 27.9 Å². The molecule has 0 heterocycles. The predicted molar refractivity (Wildman–Crippen MR) is 111 cm³/mol. The number of amides is 2. The highest BCUT2D eigenvalue weighted by Crippen LogP contribution is 2.29. The molecular weight excluding hydrogens is 435 g/mol. The maximum absolute atomic E-state index is 12.7. The lowest BCUT2D eigenvalue weighted by Gasteiger charge is -2.17. The zero-order chi connectivity index (χ0) is 23.0. The summed E-state index contributed by atoms with van der Waals surface area (Å²) in [6.45, 7) is 0. The van der Waals surface area contributed by atoms with E-state index in [9.17, 15) is 33.0 Å². The van der Waals surface area contributed by atoms with Crippen LogP contribution in [-0.2, 0) is 11.0 Å². The summed E-state index contributed by atoms with van der Waals surface area (Å²) in [5.41, 5.74) is 1.59. The number of halogens is 3. The van der Waals surface area contributed by atoms with Gasteiger partial charge in [-0.3, -0.25) is 9.59 Å². The fourth-order valence-electron chi connectivity index (χ4n) is 2.44. The average Bonchev–Trinajstić information content (AvgIpc) is 2.71. The lowest BCUT2D eigenvalue weighted by molar-refractivity contribution is -0.137. The maximum Gasteiger partial charge on any atom is 0.416 e. The smallest absolute Gasteiger partial charge is 0.416 e. The molecule has 0 radical (unpaired) electrons. The molecule has 0 spiro atoms. The Labute approximate surface area is 180 Å². The fraction of sp³-hybridized carbons (Fsp3) is 0.250. The molecule has 0 saturated carbocycles. The van der Waals surface area contributed by atoms with Crippen molar-refractivity contribution in [1.29, 1.82) is 0 Å². The summed E-state index contributed by atoms with van der Waals surface area (Å²) in [5.74, 6) is -1.18. The van der Waals surface area contributed by atoms with Crippen molar-refractivity contribution in [2.45, 2.75) is 18.6 Å². The minimum absolute atomic E-state index is 0.0209. The van der Waals surface area contributed by atoms with E-state index in [1.165, 1.54) is 23.9 Å². The Balaban J connectivity index is 2.05. The molecule has 31 heavy (non-hydrogen) atoms. The number of carbonyl (C=O) groups excluding carboxylic acids is 2. The van der Waals surface area contributed by atoms with Crippen molar-refractivity contribution in [3.8, 4) is 11.5 Å². The molecule has 11 heteroatoms. The van der Waals surface area contributed by atoms with E-state index in [2.05, 4.69) is 15.8 Å². The van der Waals surface area contributed by atoms with Crippen molar-refractivity contribution in [1.82, 2.24) is 10.7 Å². The number of benzene rings is 2. The third-order valence-electron chi connectivity index (χ3n) is 4.10. The van der Waals surface area contributed by atoms with E-state index >= 15 is 0 Å². The van der Waals surface area contributed by atoms with Crippen molar-refractivity contribution in [2.24, 2.45) is 5.10 Å². The second-order valence-corrected chi connectivity index (χ2v) is 7.35. The SMILES string of the molecule is CSCCC(NC(=O)c1ccc(C(F)(F)F)cc1)C(=O)N/N=C/c1ccc(O)cc1O. The molecule has 0 bridgehead atoms. The standard InChI is InChI=1S/C20H20F3N3O4S/c1-31-9-8-16(19(30)26-24-11-13-4-7-15(27)10-17(13)28)25-18(29)12-2-5-14(6-3-12)20(21,22)23/h2-7,10-11,16,27-28H,8-9H2,1H3,(H,25,29)(H,26,30)/b24-11+. The topological polar surface area (TPSA) is 111 Å². The Bertz CT molecular complexity index is 950. The zero-order valence-electron chi connectivity index (χ0n) is 16.3. The largest absolute Gasteiger partial charge is 0.508 e. The quantitative estimate of drug-likeness (QED) is 0.361. The Morgan fingerprint density at radius 2 is 1.84 bits per heavy atom. The Morgan fingerprint density at radius 1 is 1.16 bits per heavy atom. The number of hydrogen-bond donors (Lipinski definition) is 4. The molecule has 0 aromatic heterocycles. The summed E-state index contributed by atoms with van der Waals surface area (Å²) in [5, 5.41) is 25.2. The van der Waals surface area contributed by atoms with Gasteiger partial charge in [0.25, 0.3) is 11.8 Å². The summed E-state index contributed by atoms with van der Waals surface area (Å²) >= 11 is 1.45. The van der Waals surface area contributed by atoms with E-state index in [4.69, 9.17) is 0 Å². The second kappa shape index (κ2) is 10.7. The van der Waals surface area contributed by atoms with Crippen molar-refractivity contribution in [3.63, 3.8) is 0 Å². The first kappa shape index (κ1) is 24.1. The van der Waals surface area contributed by atoms with Gasteiger partial charge in [-0.15, -0.1) is 0 Å². The zero-order valence-corrected chi connectivity index (χ0v) is 17.1. The summed E-state index contributed by atoms with van der Waals surface area (Å²) in [6, 6.07) is 6.50. The molecule has 1 atom stereocenters. The number of thioether (sulfide) groups is 1. The molecule has 7 nitrogen and oxygen atoms in total. The molecule has 0 aliphatic carbocycles. The number of alkyl halides is 3. The second-order valence-electron chi connectivity index (χ2n) is 6.36. The van der Waals surface area contributed by atoms with Crippen LogP contribution in [0.4, 0.5) is 13.2 Å². The lowest BCUT2D eigenvalue weighted by Crippen LogP contribution is -2.45. The van der Waals surface area contributed by atoms with Crippen molar-refractivity contribution in [2.75, 3.05) is 12.0 Å². The summed E-state index contributed by atoms with van der Waals surface area (Å²) in [7, 11) is 0. The highest BCUT2D eigenvalue weighted by molar-refractivity contribution is 7.98. The number of phenolic OH excluding ortho intramolecular Hbond substituents is 2. The average molecular weight is 455 g/mol. The van der Waals surface area contributed by atoms with Crippen molar-refractivity contribution >= 4 is 29.8 Å². The number of aromatic hydroxyl groups is 2. The minimum atomic E-state index is -4.51. The van der Waals surface area contributed by atoms with Gasteiger partial charge in [-0.25, -0.2) is 5.43 Å². The molecule has 2 rings (SSSR count). The molecule has 0 fully saturated rings. The molecule has 166 valence electrons. The van der Waals surface area contributed by atoms with Crippen LogP contribution in [0.5, 0.6) is 11.5 Å². The van der Waals surface area contributed by atoms with E-state index in [0.29, 0.717) is 5.75 Å². The van der Waals surface area contributed by atoms with Gasteiger partial charge in [0.2, 0.25) is 0 Å². The molecule has 0 saturated heterocycles. The first-order valence-corrected chi connectivity index (χ1v) is 10.3. The fourth-order valence-corrected chi connectivity index (χ4v) is 2.91. The van der Waals surface area contributed by atoms with Crippen molar-refractivity contribution in [3.05, 3.63) is 59.2 Å². The van der Waals surface area contributed by atoms with E-state index in [0.717, 1.165) is 36.5 Å². The summed E-state index contributed by atoms with van der Waals surface area (Å²) in [4.78, 5) is 24.8. The first-order valence-electron chi connectivity index (χ1n) is 8.93. The number of hydrazone groups is 1. The van der Waals surface area contributed by atoms with E-state index in [1.807, 2.05) is 6.26 Å². The van der Waals surface area contributed by atoms with Crippen LogP contribution in [0, 0.1) is 0 Å². The van der Waals surface area contributed by atoms with Gasteiger partial charge in [-0.2, -0.15) is 30.0 Å². The van der Waals surface area contributed by atoms with Gasteiger partial charge in [0.15, 0.2) is 0 Å². The molecule has 0 aliphatic heterocycles. The third-order valence-corrected chi connectivity index (χ3v) is 4.74. The predicted octanol–water partition coefficient (Wildman–Crippen LogP) is 3.12. The van der Waals surface area contributed by atoms with Gasteiger partial charge in [-0.1, -0.05) is 0 Å². The van der Waals surface area contributed by atoms with Gasteiger partial charge in [0, 0.05) is 17.2 Å². The molecule has 2 aromatic rings. The number of carbonyl (C=O) groups is 2. The van der Waals surface area contributed by atoms with Crippen LogP contribution in [0.2, 0.25) is 0 Å². The Morgan fingerprint density at radius 3 is 2.42 bits per heavy atom. The molecule has 4 N–H and O–H groups in total. The van der Waals surface area contributed by atoms with E-state index in [-0.39, 0.29) is 29.0 Å². The maximum atomic E-state index is 12.7. The van der Waals surface area contributed by atoms with Gasteiger partial charge in [0.05, 0.1) is 11.8 Å². The van der Waals surface area contributed by atoms with Crippen LogP contribution >= 0.6 is 11.8 Å². The number of hydrogen-bond acceptors (Lipinski definition) is 6. The number of phenols is 2. The van der Waals surface area contributed by atoms with E-state index < -0.39 is 29.6 Å². The van der Waals surface area contributed by atoms with E-state index in [1.54, 1.807) is 0 Å². The van der Waals surface area contributed by atoms with Crippen LogP contribution in [0.15, 0.2) is 47.6 Å². The Kier molecular flexibility index (Phi) is 8.31.